The maximum atomic E-state index is 5.39. The first kappa shape index (κ1) is 10.6. The number of aromatic nitrogens is 2. The maximum absolute atomic E-state index is 5.39. The Morgan fingerprint density at radius 1 is 1.67 bits per heavy atom. The zero-order valence-electron chi connectivity index (χ0n) is 9.28. The summed E-state index contributed by atoms with van der Waals surface area (Å²) in [6.07, 6.45) is 6.14. The number of imidazole rings is 1. The van der Waals surface area contributed by atoms with Gasteiger partial charge in [0, 0.05) is 19.3 Å². The minimum atomic E-state index is 0.492. The fourth-order valence-electron chi connectivity index (χ4n) is 1.93. The highest BCUT2D eigenvalue weighted by Gasteiger charge is 2.19. The van der Waals surface area contributed by atoms with Crippen molar-refractivity contribution >= 4 is 0 Å². The third-order valence-corrected chi connectivity index (χ3v) is 2.78. The first-order valence-electron chi connectivity index (χ1n) is 5.71. The zero-order valence-corrected chi connectivity index (χ0v) is 9.28. The van der Waals surface area contributed by atoms with Crippen LogP contribution in [0, 0.1) is 0 Å². The molecule has 1 saturated heterocycles. The first-order valence-corrected chi connectivity index (χ1v) is 5.71. The van der Waals surface area contributed by atoms with E-state index in [-0.39, 0.29) is 0 Å². The molecular weight excluding hydrogens is 190 g/mol. The zero-order chi connectivity index (χ0) is 10.5. The molecule has 1 unspecified atom stereocenters. The molecule has 2 heterocycles. The lowest BCUT2D eigenvalue weighted by Crippen LogP contribution is -2.19. The number of ether oxygens (including phenoxy) is 1. The van der Waals surface area contributed by atoms with Crippen LogP contribution in [0.15, 0.2) is 12.5 Å². The van der Waals surface area contributed by atoms with Gasteiger partial charge in [-0.3, -0.25) is 0 Å². The highest BCUT2D eigenvalue weighted by Crippen LogP contribution is 2.20. The van der Waals surface area contributed by atoms with Gasteiger partial charge in [-0.1, -0.05) is 6.92 Å². The monoisotopic (exact) mass is 209 g/mol. The molecule has 0 saturated carbocycles. The van der Waals surface area contributed by atoms with Crippen molar-refractivity contribution < 1.29 is 4.74 Å². The van der Waals surface area contributed by atoms with Crippen molar-refractivity contribution in [3.8, 4) is 0 Å². The second-order valence-electron chi connectivity index (χ2n) is 3.99. The van der Waals surface area contributed by atoms with Gasteiger partial charge in [-0.2, -0.15) is 0 Å². The second-order valence-corrected chi connectivity index (χ2v) is 3.99. The minimum absolute atomic E-state index is 0.492. The van der Waals surface area contributed by atoms with Gasteiger partial charge in [-0.15, -0.1) is 0 Å². The van der Waals surface area contributed by atoms with Crippen LogP contribution in [0.1, 0.15) is 31.5 Å². The molecule has 84 valence electrons. The number of hydrogen-bond acceptors (Lipinski definition) is 3. The first-order chi connectivity index (χ1) is 7.42. The van der Waals surface area contributed by atoms with Crippen LogP contribution in [-0.2, 0) is 11.3 Å². The lowest BCUT2D eigenvalue weighted by molar-refractivity contribution is 0.186. The van der Waals surface area contributed by atoms with E-state index in [0.717, 1.165) is 32.7 Å². The fraction of sp³-hybridized carbons (Fsp3) is 0.727. The van der Waals surface area contributed by atoms with E-state index in [1.807, 2.05) is 12.5 Å². The van der Waals surface area contributed by atoms with Gasteiger partial charge in [0.2, 0.25) is 0 Å². The van der Waals surface area contributed by atoms with Crippen LogP contribution in [0.3, 0.4) is 0 Å². The van der Waals surface area contributed by atoms with Crippen molar-refractivity contribution in [3.05, 3.63) is 18.2 Å². The Bertz CT molecular complexity index is 292. The van der Waals surface area contributed by atoms with Gasteiger partial charge < -0.3 is 14.6 Å². The lowest BCUT2D eigenvalue weighted by Gasteiger charge is -2.13. The normalized spacial score (nSPS) is 21.0. The molecule has 0 spiro atoms. The summed E-state index contributed by atoms with van der Waals surface area (Å²) in [5.41, 5.74) is 1.26. The van der Waals surface area contributed by atoms with Gasteiger partial charge in [0.1, 0.15) is 0 Å². The summed E-state index contributed by atoms with van der Waals surface area (Å²) in [7, 11) is 0. The smallest absolute Gasteiger partial charge is 0.0952 e. The molecule has 15 heavy (non-hydrogen) atoms. The van der Waals surface area contributed by atoms with Crippen molar-refractivity contribution in [2.45, 2.75) is 32.4 Å². The average molecular weight is 209 g/mol. The summed E-state index contributed by atoms with van der Waals surface area (Å²) >= 11 is 0. The van der Waals surface area contributed by atoms with Crippen LogP contribution in [-0.4, -0.2) is 29.3 Å². The third kappa shape index (κ3) is 2.58. The van der Waals surface area contributed by atoms with E-state index in [2.05, 4.69) is 21.8 Å². The summed E-state index contributed by atoms with van der Waals surface area (Å²) < 4.78 is 7.64. The third-order valence-electron chi connectivity index (χ3n) is 2.78. The largest absolute Gasteiger partial charge is 0.379 e. The van der Waals surface area contributed by atoms with Gasteiger partial charge in [-0.25, -0.2) is 4.98 Å². The van der Waals surface area contributed by atoms with Crippen LogP contribution < -0.4 is 5.32 Å². The molecule has 1 aliphatic heterocycles. The second kappa shape index (κ2) is 5.28. The molecule has 1 N–H and O–H groups in total. The summed E-state index contributed by atoms with van der Waals surface area (Å²) in [6, 6.07) is 0.492. The summed E-state index contributed by atoms with van der Waals surface area (Å²) in [5.74, 6) is 0. The summed E-state index contributed by atoms with van der Waals surface area (Å²) in [6.45, 7) is 5.85. The molecule has 4 nitrogen and oxygen atoms in total. The minimum Gasteiger partial charge on any atom is -0.379 e. The Labute approximate surface area is 90.6 Å². The summed E-state index contributed by atoms with van der Waals surface area (Å²) in [4.78, 5) is 4.21. The van der Waals surface area contributed by atoms with E-state index in [1.165, 1.54) is 12.1 Å². The topological polar surface area (TPSA) is 39.1 Å². The van der Waals surface area contributed by atoms with Gasteiger partial charge in [0.05, 0.1) is 24.7 Å². The number of nitrogens with one attached hydrogen (secondary N) is 1. The Kier molecular flexibility index (Phi) is 3.75. The van der Waals surface area contributed by atoms with Crippen LogP contribution in [0.25, 0.3) is 0 Å². The molecule has 1 aromatic rings. The van der Waals surface area contributed by atoms with Crippen LogP contribution in [0.5, 0.6) is 0 Å². The van der Waals surface area contributed by atoms with Crippen LogP contribution in [0.2, 0.25) is 0 Å². The molecule has 0 aromatic carbocycles. The Balaban J connectivity index is 1.95. The summed E-state index contributed by atoms with van der Waals surface area (Å²) in [5, 5.41) is 3.40. The van der Waals surface area contributed by atoms with Crippen molar-refractivity contribution in [1.29, 1.82) is 0 Å². The molecule has 1 aromatic heterocycles. The SMILES string of the molecule is CCCNCc1cncn1C1CCOC1. The Morgan fingerprint density at radius 3 is 3.33 bits per heavy atom. The number of hydrogen-bond donors (Lipinski definition) is 1. The van der Waals surface area contributed by atoms with Crippen molar-refractivity contribution in [1.82, 2.24) is 14.9 Å². The fourth-order valence-corrected chi connectivity index (χ4v) is 1.93. The Morgan fingerprint density at radius 2 is 2.60 bits per heavy atom. The lowest BCUT2D eigenvalue weighted by atomic mass is 10.2. The highest BCUT2D eigenvalue weighted by atomic mass is 16.5. The quantitative estimate of drug-likeness (QED) is 0.744. The molecule has 1 aliphatic rings. The number of nitrogens with zero attached hydrogens (tertiary/aromatic N) is 2. The molecular formula is C11H19N3O. The van der Waals surface area contributed by atoms with Gasteiger partial charge in [0.25, 0.3) is 0 Å². The van der Waals surface area contributed by atoms with E-state index in [4.69, 9.17) is 4.74 Å². The molecule has 0 aliphatic carbocycles. The van der Waals surface area contributed by atoms with Crippen LogP contribution in [0.4, 0.5) is 0 Å². The van der Waals surface area contributed by atoms with Gasteiger partial charge in [-0.05, 0) is 19.4 Å². The predicted octanol–water partition coefficient (Wildman–Crippen LogP) is 1.34. The molecule has 1 fully saturated rings. The van der Waals surface area contributed by atoms with E-state index in [9.17, 15) is 0 Å². The molecule has 2 rings (SSSR count). The van der Waals surface area contributed by atoms with Crippen molar-refractivity contribution in [2.24, 2.45) is 0 Å². The van der Waals surface area contributed by atoms with E-state index >= 15 is 0 Å². The Hall–Kier alpha value is -0.870. The van der Waals surface area contributed by atoms with Crippen molar-refractivity contribution in [2.75, 3.05) is 19.8 Å². The van der Waals surface area contributed by atoms with Crippen molar-refractivity contribution in [3.63, 3.8) is 0 Å². The average Bonchev–Trinajstić information content (AvgIpc) is 2.87. The molecule has 0 amide bonds. The molecule has 0 bridgehead atoms. The number of rotatable bonds is 5. The van der Waals surface area contributed by atoms with Gasteiger partial charge >= 0.3 is 0 Å². The molecule has 0 radical (unpaired) electrons. The van der Waals surface area contributed by atoms with E-state index in [1.54, 1.807) is 0 Å². The van der Waals surface area contributed by atoms with E-state index in [0.29, 0.717) is 6.04 Å². The molecule has 4 heteroatoms. The van der Waals surface area contributed by atoms with Gasteiger partial charge in [0.15, 0.2) is 0 Å². The highest BCUT2D eigenvalue weighted by molar-refractivity contribution is 5.00. The molecule has 1 atom stereocenters. The standard InChI is InChI=1S/C11H19N3O/c1-2-4-12-6-11-7-13-9-14(11)10-3-5-15-8-10/h7,9-10,12H,2-6,8H2,1H3. The predicted molar refractivity (Wildman–Crippen MR) is 58.7 cm³/mol. The maximum Gasteiger partial charge on any atom is 0.0952 e. The van der Waals surface area contributed by atoms with Crippen LogP contribution >= 0.6 is 0 Å². The van der Waals surface area contributed by atoms with E-state index < -0.39 is 0 Å².